The highest BCUT2D eigenvalue weighted by atomic mass is 32.2. The van der Waals surface area contributed by atoms with Crippen LogP contribution in [0.4, 0.5) is 5.69 Å². The summed E-state index contributed by atoms with van der Waals surface area (Å²) in [4.78, 5) is 24.2. The number of thioether (sulfide) groups is 1. The average Bonchev–Trinajstić information content (AvgIpc) is 2.82. The molecule has 1 amide bonds. The first-order valence-corrected chi connectivity index (χ1v) is 12.4. The summed E-state index contributed by atoms with van der Waals surface area (Å²) in [6.45, 7) is 6.17. The fourth-order valence-electron chi connectivity index (χ4n) is 3.14. The molecule has 0 aliphatic carbocycles. The maximum absolute atomic E-state index is 13.2. The molecule has 0 atom stereocenters. The molecule has 0 spiro atoms. The normalized spacial score (nSPS) is 10.8. The Bertz CT molecular complexity index is 1260. The van der Waals surface area contributed by atoms with E-state index >= 15 is 0 Å². The standard InChI is InChI=1S/C27H25N3OS2/c1-18-8-12-22(13-9-18)29-26(31)25-24(33-23-14-10-19(2)11-15-23)16-28-27(30-25)32-17-21-7-5-4-6-20(21)3/h4-16H,17H2,1-3H3,(H,29,31). The van der Waals surface area contributed by atoms with Gasteiger partial charge >= 0.3 is 0 Å². The SMILES string of the molecule is Cc1ccc(NC(=O)c2nc(SCc3ccccc3C)ncc2Sc2ccc(C)cc2)cc1. The van der Waals surface area contributed by atoms with Crippen molar-refractivity contribution in [1.29, 1.82) is 0 Å². The average molecular weight is 472 g/mol. The van der Waals surface area contributed by atoms with E-state index in [1.807, 2.05) is 55.5 Å². The van der Waals surface area contributed by atoms with E-state index < -0.39 is 0 Å². The molecule has 0 fully saturated rings. The minimum atomic E-state index is -0.242. The van der Waals surface area contributed by atoms with Crippen LogP contribution in [0.15, 0.2) is 93.9 Å². The molecule has 0 bridgehead atoms. The summed E-state index contributed by atoms with van der Waals surface area (Å²) in [5, 5.41) is 3.56. The van der Waals surface area contributed by atoms with E-state index in [4.69, 9.17) is 0 Å². The lowest BCUT2D eigenvalue weighted by atomic mass is 10.1. The van der Waals surface area contributed by atoms with E-state index in [0.29, 0.717) is 10.9 Å². The number of nitrogens with zero attached hydrogens (tertiary/aromatic N) is 2. The van der Waals surface area contributed by atoms with Gasteiger partial charge in [0.25, 0.3) is 5.91 Å². The van der Waals surface area contributed by atoms with E-state index in [-0.39, 0.29) is 5.91 Å². The van der Waals surface area contributed by atoms with Crippen LogP contribution >= 0.6 is 23.5 Å². The minimum absolute atomic E-state index is 0.242. The number of anilines is 1. The molecule has 4 nitrogen and oxygen atoms in total. The fourth-order valence-corrected chi connectivity index (χ4v) is 4.89. The molecule has 1 N–H and O–H groups in total. The maximum atomic E-state index is 13.2. The summed E-state index contributed by atoms with van der Waals surface area (Å²) in [6.07, 6.45) is 1.75. The molecule has 4 rings (SSSR count). The van der Waals surface area contributed by atoms with Gasteiger partial charge in [-0.25, -0.2) is 9.97 Å². The van der Waals surface area contributed by atoms with E-state index in [9.17, 15) is 4.79 Å². The van der Waals surface area contributed by atoms with Gasteiger partial charge in [0.05, 0.1) is 4.90 Å². The van der Waals surface area contributed by atoms with E-state index in [0.717, 1.165) is 26.8 Å². The number of hydrogen-bond donors (Lipinski definition) is 1. The van der Waals surface area contributed by atoms with Gasteiger partial charge in [0, 0.05) is 22.5 Å². The summed E-state index contributed by atoms with van der Waals surface area (Å²) in [6, 6.07) is 24.2. The third-order valence-corrected chi connectivity index (χ3v) is 7.06. The third-order valence-electron chi connectivity index (χ3n) is 5.12. The first kappa shape index (κ1) is 23.1. The van der Waals surface area contributed by atoms with Crippen LogP contribution in [0.5, 0.6) is 0 Å². The Hall–Kier alpha value is -3.09. The van der Waals surface area contributed by atoms with Gasteiger partial charge in [-0.3, -0.25) is 4.79 Å². The Labute approximate surface area is 203 Å². The zero-order valence-electron chi connectivity index (χ0n) is 18.8. The zero-order valence-corrected chi connectivity index (χ0v) is 20.5. The number of amides is 1. The van der Waals surface area contributed by atoms with Crippen LogP contribution in [0.3, 0.4) is 0 Å². The number of carbonyl (C=O) groups excluding carboxylic acids is 1. The highest BCUT2D eigenvalue weighted by Gasteiger charge is 2.17. The van der Waals surface area contributed by atoms with E-state index in [1.165, 1.54) is 40.2 Å². The van der Waals surface area contributed by atoms with Crippen molar-refractivity contribution in [2.75, 3.05) is 5.32 Å². The third kappa shape index (κ3) is 6.24. The number of carbonyl (C=O) groups is 1. The van der Waals surface area contributed by atoms with Gasteiger partial charge in [0.15, 0.2) is 5.16 Å². The van der Waals surface area contributed by atoms with Gasteiger partial charge in [-0.15, -0.1) is 0 Å². The van der Waals surface area contributed by atoms with Crippen LogP contribution in [0.25, 0.3) is 0 Å². The molecule has 1 heterocycles. The van der Waals surface area contributed by atoms with Crippen molar-refractivity contribution >= 4 is 35.1 Å². The Balaban J connectivity index is 1.60. The number of rotatable bonds is 7. The number of hydrogen-bond acceptors (Lipinski definition) is 5. The van der Waals surface area contributed by atoms with Gasteiger partial charge < -0.3 is 5.32 Å². The quantitative estimate of drug-likeness (QED) is 0.230. The number of nitrogens with one attached hydrogen (secondary N) is 1. The molecule has 0 saturated carbocycles. The van der Waals surface area contributed by atoms with Gasteiger partial charge in [-0.1, -0.05) is 83.2 Å². The Morgan fingerprint density at radius 3 is 2.24 bits per heavy atom. The Morgan fingerprint density at radius 1 is 0.879 bits per heavy atom. The first-order valence-electron chi connectivity index (χ1n) is 10.6. The second-order valence-electron chi connectivity index (χ2n) is 7.82. The maximum Gasteiger partial charge on any atom is 0.275 e. The molecule has 4 aromatic rings. The zero-order chi connectivity index (χ0) is 23.2. The Morgan fingerprint density at radius 2 is 1.55 bits per heavy atom. The fraction of sp³-hybridized carbons (Fsp3) is 0.148. The van der Waals surface area contributed by atoms with E-state index in [2.05, 4.69) is 53.4 Å². The summed E-state index contributed by atoms with van der Waals surface area (Å²) in [7, 11) is 0. The second-order valence-corrected chi connectivity index (χ2v) is 9.87. The molecule has 0 saturated heterocycles. The van der Waals surface area contributed by atoms with Crippen molar-refractivity contribution in [3.63, 3.8) is 0 Å². The predicted octanol–water partition coefficient (Wildman–Crippen LogP) is 7.10. The van der Waals surface area contributed by atoms with Crippen molar-refractivity contribution in [3.8, 4) is 0 Å². The summed E-state index contributed by atoms with van der Waals surface area (Å²) < 4.78 is 0. The van der Waals surface area contributed by atoms with Gasteiger partial charge in [0.2, 0.25) is 0 Å². The van der Waals surface area contributed by atoms with Crippen LogP contribution in [-0.4, -0.2) is 15.9 Å². The molecule has 166 valence electrons. The summed E-state index contributed by atoms with van der Waals surface area (Å²) >= 11 is 3.03. The predicted molar refractivity (Wildman–Crippen MR) is 137 cm³/mol. The van der Waals surface area contributed by atoms with Gasteiger partial charge in [0.1, 0.15) is 5.69 Å². The largest absolute Gasteiger partial charge is 0.321 e. The molecular weight excluding hydrogens is 446 g/mol. The lowest BCUT2D eigenvalue weighted by Crippen LogP contribution is -2.16. The van der Waals surface area contributed by atoms with Crippen molar-refractivity contribution in [1.82, 2.24) is 9.97 Å². The number of aryl methyl sites for hydroxylation is 3. The van der Waals surface area contributed by atoms with Crippen LogP contribution in [-0.2, 0) is 5.75 Å². The number of benzene rings is 3. The number of aromatic nitrogens is 2. The molecule has 0 aliphatic rings. The lowest BCUT2D eigenvalue weighted by molar-refractivity contribution is 0.101. The molecule has 0 radical (unpaired) electrons. The molecule has 6 heteroatoms. The van der Waals surface area contributed by atoms with Crippen molar-refractivity contribution in [2.45, 2.75) is 41.5 Å². The molecule has 33 heavy (non-hydrogen) atoms. The smallest absolute Gasteiger partial charge is 0.275 e. The molecule has 0 aliphatic heterocycles. The van der Waals surface area contributed by atoms with Crippen molar-refractivity contribution in [3.05, 3.63) is 107 Å². The summed E-state index contributed by atoms with van der Waals surface area (Å²) in [5.41, 5.74) is 5.91. The van der Waals surface area contributed by atoms with Crippen LogP contribution in [0.1, 0.15) is 32.7 Å². The lowest BCUT2D eigenvalue weighted by Gasteiger charge is -2.11. The highest BCUT2D eigenvalue weighted by molar-refractivity contribution is 7.99. The van der Waals surface area contributed by atoms with E-state index in [1.54, 1.807) is 6.20 Å². The summed E-state index contributed by atoms with van der Waals surface area (Å²) in [5.74, 6) is 0.504. The molecular formula is C27H25N3OS2. The second kappa shape index (κ2) is 10.7. The molecule has 3 aromatic carbocycles. The highest BCUT2D eigenvalue weighted by Crippen LogP contribution is 2.31. The monoisotopic (exact) mass is 471 g/mol. The van der Waals surface area contributed by atoms with Gasteiger partial charge in [-0.05, 0) is 56.2 Å². The van der Waals surface area contributed by atoms with Crippen LogP contribution in [0.2, 0.25) is 0 Å². The minimum Gasteiger partial charge on any atom is -0.321 e. The Kier molecular flexibility index (Phi) is 7.47. The van der Waals surface area contributed by atoms with Crippen LogP contribution in [0, 0.1) is 20.8 Å². The first-order chi connectivity index (χ1) is 16.0. The molecule has 1 aromatic heterocycles. The van der Waals surface area contributed by atoms with Crippen LogP contribution < -0.4 is 5.32 Å². The van der Waals surface area contributed by atoms with Crippen molar-refractivity contribution < 1.29 is 4.79 Å². The molecule has 0 unspecified atom stereocenters. The topological polar surface area (TPSA) is 54.9 Å². The van der Waals surface area contributed by atoms with Crippen molar-refractivity contribution in [2.24, 2.45) is 0 Å². The van der Waals surface area contributed by atoms with Gasteiger partial charge in [-0.2, -0.15) is 0 Å².